The van der Waals surface area contributed by atoms with Crippen molar-refractivity contribution in [3.8, 4) is 0 Å². The first-order valence-electron chi connectivity index (χ1n) is 9.51. The van der Waals surface area contributed by atoms with Crippen molar-refractivity contribution in [1.82, 2.24) is 0 Å². The molecule has 1 saturated carbocycles. The zero-order valence-corrected chi connectivity index (χ0v) is 14.5. The summed E-state index contributed by atoms with van der Waals surface area (Å²) in [5.74, 6) is 1.32. The fourth-order valence-corrected chi connectivity index (χ4v) is 4.06. The minimum atomic E-state index is 0.139. The molecule has 1 aromatic rings. The van der Waals surface area contributed by atoms with Crippen LogP contribution in [0, 0.1) is 11.8 Å². The molecular formula is C20H30N2O2. The number of carbonyl (C=O) groups is 1. The number of hydrogen-bond donors (Lipinski definition) is 2. The van der Waals surface area contributed by atoms with Gasteiger partial charge in [0.2, 0.25) is 5.91 Å². The SMILES string of the molecule is O=C(CCC1CCCC1)Nc1ccccc1N1CCC(CO)CC1. The van der Waals surface area contributed by atoms with Crippen LogP contribution >= 0.6 is 0 Å². The van der Waals surface area contributed by atoms with E-state index in [0.717, 1.165) is 49.6 Å². The third-order valence-corrected chi connectivity index (χ3v) is 5.65. The Morgan fingerprint density at radius 3 is 2.50 bits per heavy atom. The molecule has 1 aromatic carbocycles. The van der Waals surface area contributed by atoms with Gasteiger partial charge >= 0.3 is 0 Å². The summed E-state index contributed by atoms with van der Waals surface area (Å²) in [6.45, 7) is 2.17. The van der Waals surface area contributed by atoms with E-state index in [0.29, 0.717) is 12.3 Å². The Kier molecular flexibility index (Phi) is 6.13. The van der Waals surface area contributed by atoms with Gasteiger partial charge in [-0.05, 0) is 43.2 Å². The normalized spacial score (nSPS) is 19.6. The van der Waals surface area contributed by atoms with Crippen molar-refractivity contribution >= 4 is 17.3 Å². The third kappa shape index (κ3) is 4.50. The van der Waals surface area contributed by atoms with Crippen LogP contribution in [0.25, 0.3) is 0 Å². The summed E-state index contributed by atoms with van der Waals surface area (Å²) in [7, 11) is 0. The van der Waals surface area contributed by atoms with Gasteiger partial charge in [-0.1, -0.05) is 37.8 Å². The fourth-order valence-electron chi connectivity index (χ4n) is 4.06. The summed E-state index contributed by atoms with van der Waals surface area (Å²) in [6.07, 6.45) is 8.94. The molecule has 1 amide bonds. The Hall–Kier alpha value is -1.55. The lowest BCUT2D eigenvalue weighted by molar-refractivity contribution is -0.116. The van der Waals surface area contributed by atoms with Gasteiger partial charge in [-0.25, -0.2) is 0 Å². The Bertz CT molecular complexity index is 532. The molecule has 0 atom stereocenters. The Balaban J connectivity index is 1.56. The molecule has 0 spiro atoms. The lowest BCUT2D eigenvalue weighted by Gasteiger charge is -2.34. The van der Waals surface area contributed by atoms with Crippen LogP contribution in [0.2, 0.25) is 0 Å². The smallest absolute Gasteiger partial charge is 0.224 e. The summed E-state index contributed by atoms with van der Waals surface area (Å²) in [6, 6.07) is 8.10. The van der Waals surface area contributed by atoms with E-state index in [2.05, 4.69) is 16.3 Å². The quantitative estimate of drug-likeness (QED) is 0.834. The van der Waals surface area contributed by atoms with Crippen LogP contribution in [0.5, 0.6) is 0 Å². The molecule has 0 aromatic heterocycles. The van der Waals surface area contributed by atoms with Gasteiger partial charge in [0, 0.05) is 26.1 Å². The highest BCUT2D eigenvalue weighted by atomic mass is 16.3. The molecule has 0 bridgehead atoms. The number of aliphatic hydroxyl groups excluding tert-OH is 1. The first kappa shape index (κ1) is 17.3. The second-order valence-electron chi connectivity index (χ2n) is 7.37. The van der Waals surface area contributed by atoms with Crippen molar-refractivity contribution in [2.24, 2.45) is 11.8 Å². The molecular weight excluding hydrogens is 300 g/mol. The molecule has 1 aliphatic heterocycles. The topological polar surface area (TPSA) is 52.6 Å². The first-order chi connectivity index (χ1) is 11.8. The molecule has 0 radical (unpaired) electrons. The standard InChI is InChI=1S/C20H30N2O2/c23-15-17-11-13-22(14-12-17)19-8-4-3-7-18(19)21-20(24)10-9-16-5-1-2-6-16/h3-4,7-8,16-17,23H,1-2,5-6,9-15H2,(H,21,24). The van der Waals surface area contributed by atoms with E-state index in [1.54, 1.807) is 0 Å². The van der Waals surface area contributed by atoms with Crippen LogP contribution in [-0.4, -0.2) is 30.7 Å². The molecule has 0 unspecified atom stereocenters. The lowest BCUT2D eigenvalue weighted by atomic mass is 9.97. The number of benzene rings is 1. The van der Waals surface area contributed by atoms with Gasteiger partial charge in [0.05, 0.1) is 11.4 Å². The summed E-state index contributed by atoms with van der Waals surface area (Å²) >= 11 is 0. The number of aliphatic hydroxyl groups is 1. The fraction of sp³-hybridized carbons (Fsp3) is 0.650. The van der Waals surface area contributed by atoms with E-state index in [-0.39, 0.29) is 12.5 Å². The highest BCUT2D eigenvalue weighted by Crippen LogP contribution is 2.31. The van der Waals surface area contributed by atoms with Crippen molar-refractivity contribution in [2.45, 2.75) is 51.4 Å². The molecule has 2 aliphatic rings. The van der Waals surface area contributed by atoms with E-state index in [4.69, 9.17) is 0 Å². The summed E-state index contributed by atoms with van der Waals surface area (Å²) in [5, 5.41) is 12.4. The van der Waals surface area contributed by atoms with Crippen molar-refractivity contribution in [3.05, 3.63) is 24.3 Å². The van der Waals surface area contributed by atoms with Gasteiger partial charge in [-0.3, -0.25) is 4.79 Å². The molecule has 1 saturated heterocycles. The highest BCUT2D eigenvalue weighted by Gasteiger charge is 2.21. The van der Waals surface area contributed by atoms with E-state index in [9.17, 15) is 9.90 Å². The number of rotatable bonds is 6. The Labute approximate surface area is 145 Å². The van der Waals surface area contributed by atoms with E-state index in [1.165, 1.54) is 25.7 Å². The zero-order chi connectivity index (χ0) is 16.8. The Morgan fingerprint density at radius 1 is 1.08 bits per heavy atom. The molecule has 2 N–H and O–H groups in total. The summed E-state index contributed by atoms with van der Waals surface area (Å²) in [4.78, 5) is 14.7. The number of nitrogens with one attached hydrogen (secondary N) is 1. The van der Waals surface area contributed by atoms with Gasteiger partial charge in [-0.2, -0.15) is 0 Å². The van der Waals surface area contributed by atoms with Crippen LogP contribution in [-0.2, 0) is 4.79 Å². The molecule has 1 heterocycles. The minimum absolute atomic E-state index is 0.139. The minimum Gasteiger partial charge on any atom is -0.396 e. The second kappa shape index (κ2) is 8.52. The number of carbonyl (C=O) groups excluding carboxylic acids is 1. The average molecular weight is 330 g/mol. The van der Waals surface area contributed by atoms with E-state index < -0.39 is 0 Å². The number of hydrogen-bond acceptors (Lipinski definition) is 3. The molecule has 3 rings (SSSR count). The van der Waals surface area contributed by atoms with Gasteiger partial charge in [0.15, 0.2) is 0 Å². The van der Waals surface area contributed by atoms with E-state index >= 15 is 0 Å². The van der Waals surface area contributed by atoms with Crippen LogP contribution < -0.4 is 10.2 Å². The van der Waals surface area contributed by atoms with Gasteiger partial charge < -0.3 is 15.3 Å². The lowest BCUT2D eigenvalue weighted by Crippen LogP contribution is -2.35. The second-order valence-corrected chi connectivity index (χ2v) is 7.37. The predicted molar refractivity (Wildman–Crippen MR) is 98.3 cm³/mol. The average Bonchev–Trinajstić information content (AvgIpc) is 3.14. The van der Waals surface area contributed by atoms with Crippen LogP contribution in [0.15, 0.2) is 24.3 Å². The molecule has 24 heavy (non-hydrogen) atoms. The number of anilines is 2. The molecule has 2 fully saturated rings. The largest absolute Gasteiger partial charge is 0.396 e. The van der Waals surface area contributed by atoms with Crippen molar-refractivity contribution in [3.63, 3.8) is 0 Å². The van der Waals surface area contributed by atoms with Crippen LogP contribution in [0.4, 0.5) is 11.4 Å². The number of piperidine rings is 1. The van der Waals surface area contributed by atoms with Crippen molar-refractivity contribution < 1.29 is 9.90 Å². The summed E-state index contributed by atoms with van der Waals surface area (Å²) < 4.78 is 0. The molecule has 1 aliphatic carbocycles. The zero-order valence-electron chi connectivity index (χ0n) is 14.5. The molecule has 132 valence electrons. The molecule has 4 nitrogen and oxygen atoms in total. The summed E-state index contributed by atoms with van der Waals surface area (Å²) in [5.41, 5.74) is 2.04. The van der Waals surface area contributed by atoms with Gasteiger partial charge in [-0.15, -0.1) is 0 Å². The third-order valence-electron chi connectivity index (χ3n) is 5.65. The van der Waals surface area contributed by atoms with Gasteiger partial charge in [0.1, 0.15) is 0 Å². The predicted octanol–water partition coefficient (Wildman–Crippen LogP) is 3.80. The first-order valence-corrected chi connectivity index (χ1v) is 9.51. The maximum atomic E-state index is 12.3. The van der Waals surface area contributed by atoms with Crippen LogP contribution in [0.1, 0.15) is 51.4 Å². The number of amides is 1. The van der Waals surface area contributed by atoms with E-state index in [1.807, 2.05) is 18.2 Å². The van der Waals surface area contributed by atoms with Crippen LogP contribution in [0.3, 0.4) is 0 Å². The number of nitrogens with zero attached hydrogens (tertiary/aromatic N) is 1. The van der Waals surface area contributed by atoms with Gasteiger partial charge in [0.25, 0.3) is 0 Å². The monoisotopic (exact) mass is 330 g/mol. The Morgan fingerprint density at radius 2 is 1.79 bits per heavy atom. The number of para-hydroxylation sites is 2. The molecule has 4 heteroatoms. The van der Waals surface area contributed by atoms with Crippen molar-refractivity contribution in [2.75, 3.05) is 29.9 Å². The van der Waals surface area contributed by atoms with Crippen molar-refractivity contribution in [1.29, 1.82) is 0 Å². The maximum absolute atomic E-state index is 12.3. The highest BCUT2D eigenvalue weighted by molar-refractivity contribution is 5.94. The maximum Gasteiger partial charge on any atom is 0.224 e.